The van der Waals surface area contributed by atoms with Gasteiger partial charge in [0.15, 0.2) is 6.61 Å². The second kappa shape index (κ2) is 13.0. The molecule has 0 saturated heterocycles. The lowest BCUT2D eigenvalue weighted by Crippen LogP contribution is -2.51. The van der Waals surface area contributed by atoms with E-state index in [1.54, 1.807) is 30.3 Å². The summed E-state index contributed by atoms with van der Waals surface area (Å²) in [7, 11) is 0. The van der Waals surface area contributed by atoms with Crippen LogP contribution < -0.4 is 10.1 Å². The molecule has 2 amide bonds. The van der Waals surface area contributed by atoms with E-state index in [0.717, 1.165) is 9.13 Å². The molecule has 8 heteroatoms. The maximum atomic E-state index is 13.5. The van der Waals surface area contributed by atoms with Crippen LogP contribution in [0.3, 0.4) is 0 Å². The molecule has 0 fully saturated rings. The van der Waals surface area contributed by atoms with E-state index in [2.05, 4.69) is 27.9 Å². The van der Waals surface area contributed by atoms with Gasteiger partial charge in [0.2, 0.25) is 5.91 Å². The molecule has 5 nitrogen and oxygen atoms in total. The summed E-state index contributed by atoms with van der Waals surface area (Å²) in [5.41, 5.74) is 1.51. The Bertz CT molecular complexity index is 1090. The fourth-order valence-electron chi connectivity index (χ4n) is 3.46. The molecule has 0 aliphatic carbocycles. The molecule has 0 aromatic heterocycles. The topological polar surface area (TPSA) is 58.6 Å². The highest BCUT2D eigenvalue weighted by molar-refractivity contribution is 14.1. The number of likely N-dealkylation sites (N-methyl/N-ethyl adjacent to an activating group) is 1. The van der Waals surface area contributed by atoms with Crippen LogP contribution in [0.1, 0.15) is 18.1 Å². The highest BCUT2D eigenvalue weighted by Gasteiger charge is 2.31. The molecule has 1 atom stereocenters. The number of hydrogen-bond donors (Lipinski definition) is 1. The summed E-state index contributed by atoms with van der Waals surface area (Å²) in [6.07, 6.45) is 0.337. The van der Waals surface area contributed by atoms with Crippen molar-refractivity contribution >= 4 is 57.6 Å². The number of carbonyl (C=O) groups is 2. The van der Waals surface area contributed by atoms with Crippen LogP contribution in [-0.4, -0.2) is 35.9 Å². The van der Waals surface area contributed by atoms with E-state index in [-0.39, 0.29) is 25.0 Å². The third kappa shape index (κ3) is 7.35. The minimum atomic E-state index is -0.775. The standard InChI is InChI=1S/C26H25Cl2IN2O3/c1-2-30-26(33)24(15-18-7-4-3-5-8-18)31(16-21-22(27)9-6-10-23(21)28)25(32)17-34-20-13-11-19(29)12-14-20/h3-14,24H,2,15-17H2,1H3,(H,30,33)/t24-/m0/s1. The predicted molar refractivity (Wildman–Crippen MR) is 144 cm³/mol. The molecule has 0 heterocycles. The van der Waals surface area contributed by atoms with Gasteiger partial charge in [-0.05, 0) is 71.5 Å². The van der Waals surface area contributed by atoms with Crippen LogP contribution in [0.5, 0.6) is 5.75 Å². The van der Waals surface area contributed by atoms with Crippen molar-refractivity contribution in [2.24, 2.45) is 0 Å². The molecule has 3 aromatic carbocycles. The van der Waals surface area contributed by atoms with Gasteiger partial charge in [-0.3, -0.25) is 9.59 Å². The zero-order valence-electron chi connectivity index (χ0n) is 18.6. The first-order valence-corrected chi connectivity index (χ1v) is 12.6. The average Bonchev–Trinajstić information content (AvgIpc) is 2.83. The molecule has 0 saturated carbocycles. The predicted octanol–water partition coefficient (Wildman–Crippen LogP) is 5.75. The van der Waals surface area contributed by atoms with Gasteiger partial charge in [0.05, 0.1) is 0 Å². The summed E-state index contributed by atoms with van der Waals surface area (Å²) in [4.78, 5) is 28.1. The summed E-state index contributed by atoms with van der Waals surface area (Å²) >= 11 is 15.0. The van der Waals surface area contributed by atoms with Crippen LogP contribution in [0, 0.1) is 3.57 Å². The van der Waals surface area contributed by atoms with Gasteiger partial charge in [0, 0.05) is 38.7 Å². The molecular weight excluding hydrogens is 586 g/mol. The summed E-state index contributed by atoms with van der Waals surface area (Å²) in [5, 5.41) is 3.71. The molecule has 0 aliphatic heterocycles. The normalized spacial score (nSPS) is 11.5. The Morgan fingerprint density at radius 1 is 0.971 bits per heavy atom. The lowest BCUT2D eigenvalue weighted by atomic mass is 10.0. The van der Waals surface area contributed by atoms with Gasteiger partial charge in [0.25, 0.3) is 5.91 Å². The Hall–Kier alpha value is -2.29. The number of ether oxygens (including phenoxy) is 1. The number of rotatable bonds is 10. The van der Waals surface area contributed by atoms with E-state index in [0.29, 0.717) is 34.3 Å². The fraction of sp³-hybridized carbons (Fsp3) is 0.231. The summed E-state index contributed by atoms with van der Waals surface area (Å²) in [6.45, 7) is 2.13. The third-order valence-electron chi connectivity index (χ3n) is 5.19. The van der Waals surface area contributed by atoms with Gasteiger partial charge < -0.3 is 15.0 Å². The number of carbonyl (C=O) groups excluding carboxylic acids is 2. The van der Waals surface area contributed by atoms with E-state index in [1.165, 1.54) is 4.90 Å². The molecule has 3 aromatic rings. The molecule has 34 heavy (non-hydrogen) atoms. The van der Waals surface area contributed by atoms with E-state index >= 15 is 0 Å². The average molecular weight is 611 g/mol. The SMILES string of the molecule is CCNC(=O)[C@H](Cc1ccccc1)N(Cc1c(Cl)cccc1Cl)C(=O)COc1ccc(I)cc1. The zero-order valence-corrected chi connectivity index (χ0v) is 22.3. The second-order valence-corrected chi connectivity index (χ2v) is 9.62. The van der Waals surface area contributed by atoms with Gasteiger partial charge in [-0.25, -0.2) is 0 Å². The van der Waals surface area contributed by atoms with Gasteiger partial charge in [0.1, 0.15) is 11.8 Å². The molecule has 0 bridgehead atoms. The molecule has 1 N–H and O–H groups in total. The van der Waals surface area contributed by atoms with Crippen LogP contribution in [0.25, 0.3) is 0 Å². The van der Waals surface area contributed by atoms with E-state index in [4.69, 9.17) is 27.9 Å². The van der Waals surface area contributed by atoms with Crippen LogP contribution in [0.2, 0.25) is 10.0 Å². The molecule has 3 rings (SSSR count). The Morgan fingerprint density at radius 2 is 1.62 bits per heavy atom. The van der Waals surface area contributed by atoms with Crippen LogP contribution in [0.4, 0.5) is 0 Å². The zero-order chi connectivity index (χ0) is 24.5. The lowest BCUT2D eigenvalue weighted by Gasteiger charge is -2.32. The molecule has 0 aliphatic rings. The smallest absolute Gasteiger partial charge is 0.261 e. The van der Waals surface area contributed by atoms with Crippen molar-refractivity contribution in [1.29, 1.82) is 0 Å². The number of hydrogen-bond acceptors (Lipinski definition) is 3. The van der Waals surface area contributed by atoms with Crippen LogP contribution in [0.15, 0.2) is 72.8 Å². The van der Waals surface area contributed by atoms with E-state index < -0.39 is 6.04 Å². The van der Waals surface area contributed by atoms with Crippen molar-refractivity contribution in [2.75, 3.05) is 13.2 Å². The van der Waals surface area contributed by atoms with E-state index in [9.17, 15) is 9.59 Å². The van der Waals surface area contributed by atoms with Crippen molar-refractivity contribution in [3.63, 3.8) is 0 Å². The van der Waals surface area contributed by atoms with Crippen molar-refractivity contribution in [2.45, 2.75) is 25.9 Å². The number of nitrogens with zero attached hydrogens (tertiary/aromatic N) is 1. The van der Waals surface area contributed by atoms with Gasteiger partial charge in [-0.15, -0.1) is 0 Å². The first kappa shape index (κ1) is 26.3. The first-order chi connectivity index (χ1) is 16.4. The highest BCUT2D eigenvalue weighted by atomic mass is 127. The number of halogens is 3. The van der Waals surface area contributed by atoms with Crippen molar-refractivity contribution in [3.05, 3.63) is 97.5 Å². The first-order valence-electron chi connectivity index (χ1n) is 10.8. The molecule has 0 spiro atoms. The van der Waals surface area contributed by atoms with Crippen molar-refractivity contribution in [1.82, 2.24) is 10.2 Å². The Balaban J connectivity index is 1.93. The molecule has 0 unspecified atom stereocenters. The van der Waals surface area contributed by atoms with Gasteiger partial charge >= 0.3 is 0 Å². The second-order valence-electron chi connectivity index (χ2n) is 7.56. The van der Waals surface area contributed by atoms with Crippen molar-refractivity contribution < 1.29 is 14.3 Å². The Morgan fingerprint density at radius 3 is 2.24 bits per heavy atom. The number of nitrogens with one attached hydrogen (secondary N) is 1. The number of amides is 2. The van der Waals surface area contributed by atoms with Crippen LogP contribution in [-0.2, 0) is 22.6 Å². The quantitative estimate of drug-likeness (QED) is 0.297. The largest absolute Gasteiger partial charge is 0.484 e. The minimum Gasteiger partial charge on any atom is -0.484 e. The maximum Gasteiger partial charge on any atom is 0.261 e. The van der Waals surface area contributed by atoms with Gasteiger partial charge in [-0.1, -0.05) is 59.6 Å². The highest BCUT2D eigenvalue weighted by Crippen LogP contribution is 2.27. The fourth-order valence-corrected chi connectivity index (χ4v) is 4.34. The molecule has 178 valence electrons. The van der Waals surface area contributed by atoms with E-state index in [1.807, 2.05) is 49.4 Å². The summed E-state index contributed by atoms with van der Waals surface area (Å²) in [6, 6.07) is 21.4. The summed E-state index contributed by atoms with van der Waals surface area (Å²) < 4.78 is 6.81. The van der Waals surface area contributed by atoms with Crippen molar-refractivity contribution in [3.8, 4) is 5.75 Å². The molecular formula is C26H25Cl2IN2O3. The van der Waals surface area contributed by atoms with Crippen LogP contribution >= 0.6 is 45.8 Å². The monoisotopic (exact) mass is 610 g/mol. The summed E-state index contributed by atoms with van der Waals surface area (Å²) in [5.74, 6) is -0.0269. The lowest BCUT2D eigenvalue weighted by molar-refractivity contribution is -0.142. The Labute approximate surface area is 223 Å². The van der Waals surface area contributed by atoms with Gasteiger partial charge in [-0.2, -0.15) is 0 Å². The Kier molecular flexibility index (Phi) is 10.0. The number of benzene rings is 3. The maximum absolute atomic E-state index is 13.5. The molecule has 0 radical (unpaired) electrons. The minimum absolute atomic E-state index is 0.0715. The third-order valence-corrected chi connectivity index (χ3v) is 6.62.